The minimum absolute atomic E-state index is 0.151. The molecule has 0 bridgehead atoms. The Hall–Kier alpha value is -2.49. The second kappa shape index (κ2) is 3.52. The summed E-state index contributed by atoms with van der Waals surface area (Å²) < 4.78 is 0. The predicted octanol–water partition coefficient (Wildman–Crippen LogP) is 2.21. The Bertz CT molecular complexity index is 612. The van der Waals surface area contributed by atoms with E-state index in [2.05, 4.69) is 10.3 Å². The normalized spacial score (nSPS) is 16.0. The monoisotopic (exact) mass is 226 g/mol. The number of aromatic amines is 1. The molecule has 2 heterocycles. The fourth-order valence-electron chi connectivity index (χ4n) is 1.91. The average molecular weight is 226 g/mol. The van der Waals surface area contributed by atoms with E-state index in [1.54, 1.807) is 30.5 Å². The molecule has 0 radical (unpaired) electrons. The average Bonchev–Trinajstić information content (AvgIpc) is 2.90. The zero-order chi connectivity index (χ0) is 11.8. The Balaban J connectivity index is 2.13. The molecule has 0 unspecified atom stereocenters. The standard InChI is InChI=1S/C13H10N2O2/c16-9-3-4-12-10(7-9)11(13(17)15-12)6-8-2-1-5-14-8/h1-7,14,16H,(H,15,17)/b11-6-. The van der Waals surface area contributed by atoms with Crippen LogP contribution in [0.3, 0.4) is 0 Å². The highest BCUT2D eigenvalue weighted by Gasteiger charge is 2.24. The third-order valence-electron chi connectivity index (χ3n) is 2.71. The van der Waals surface area contributed by atoms with Crippen LogP contribution in [0.2, 0.25) is 0 Å². The van der Waals surface area contributed by atoms with E-state index < -0.39 is 0 Å². The van der Waals surface area contributed by atoms with Crippen molar-refractivity contribution in [1.82, 2.24) is 4.98 Å². The van der Waals surface area contributed by atoms with Gasteiger partial charge in [0.15, 0.2) is 0 Å². The van der Waals surface area contributed by atoms with Crippen LogP contribution in [-0.4, -0.2) is 16.0 Å². The fraction of sp³-hybridized carbons (Fsp3) is 0. The number of aromatic nitrogens is 1. The van der Waals surface area contributed by atoms with Gasteiger partial charge in [-0.2, -0.15) is 0 Å². The number of amides is 1. The summed E-state index contributed by atoms with van der Waals surface area (Å²) in [7, 11) is 0. The van der Waals surface area contributed by atoms with Gasteiger partial charge >= 0.3 is 0 Å². The van der Waals surface area contributed by atoms with E-state index in [1.807, 2.05) is 12.1 Å². The lowest BCUT2D eigenvalue weighted by atomic mass is 10.1. The van der Waals surface area contributed by atoms with Gasteiger partial charge in [0.1, 0.15) is 5.75 Å². The van der Waals surface area contributed by atoms with Crippen LogP contribution in [-0.2, 0) is 4.79 Å². The Morgan fingerprint density at radius 1 is 1.24 bits per heavy atom. The van der Waals surface area contributed by atoms with Crippen LogP contribution < -0.4 is 5.32 Å². The van der Waals surface area contributed by atoms with Crippen LogP contribution in [0, 0.1) is 0 Å². The van der Waals surface area contributed by atoms with E-state index in [0.717, 1.165) is 16.9 Å². The molecule has 3 rings (SSSR count). The molecule has 2 aromatic rings. The van der Waals surface area contributed by atoms with Gasteiger partial charge in [-0.15, -0.1) is 0 Å². The maximum Gasteiger partial charge on any atom is 0.256 e. The number of nitrogens with one attached hydrogen (secondary N) is 2. The summed E-state index contributed by atoms with van der Waals surface area (Å²) >= 11 is 0. The molecule has 17 heavy (non-hydrogen) atoms. The summed E-state index contributed by atoms with van der Waals surface area (Å²) in [5.74, 6) is -0.00200. The SMILES string of the molecule is O=C1Nc2ccc(O)cc2/C1=C/c1ccc[nH]1. The number of fused-ring (bicyclic) bond motifs is 1. The first-order valence-electron chi connectivity index (χ1n) is 5.24. The molecule has 1 aliphatic heterocycles. The number of rotatable bonds is 1. The third-order valence-corrected chi connectivity index (χ3v) is 2.71. The largest absolute Gasteiger partial charge is 0.508 e. The van der Waals surface area contributed by atoms with Crippen molar-refractivity contribution >= 4 is 23.2 Å². The molecule has 3 N–H and O–H groups in total. The molecule has 84 valence electrons. The number of carbonyl (C=O) groups excluding carboxylic acids is 1. The van der Waals surface area contributed by atoms with E-state index in [0.29, 0.717) is 5.57 Å². The number of phenols is 1. The number of anilines is 1. The molecule has 0 fully saturated rings. The summed E-state index contributed by atoms with van der Waals surface area (Å²) in [6.07, 6.45) is 3.56. The maximum absolute atomic E-state index is 11.8. The van der Waals surface area contributed by atoms with Crippen molar-refractivity contribution in [3.8, 4) is 5.75 Å². The summed E-state index contributed by atoms with van der Waals surface area (Å²) in [5, 5.41) is 12.2. The van der Waals surface area contributed by atoms with Gasteiger partial charge in [-0.1, -0.05) is 0 Å². The number of phenolic OH excluding ortho intramolecular Hbond substituents is 1. The third kappa shape index (κ3) is 1.59. The maximum atomic E-state index is 11.8. The van der Waals surface area contributed by atoms with Gasteiger partial charge in [-0.3, -0.25) is 4.79 Å². The Morgan fingerprint density at radius 3 is 2.88 bits per heavy atom. The van der Waals surface area contributed by atoms with Crippen LogP contribution >= 0.6 is 0 Å². The van der Waals surface area contributed by atoms with Gasteiger partial charge in [0.05, 0.1) is 5.57 Å². The van der Waals surface area contributed by atoms with Crippen LogP contribution in [0.5, 0.6) is 5.75 Å². The highest BCUT2D eigenvalue weighted by atomic mass is 16.3. The van der Waals surface area contributed by atoms with E-state index in [-0.39, 0.29) is 11.7 Å². The molecule has 0 aliphatic carbocycles. The summed E-state index contributed by atoms with van der Waals surface area (Å²) in [5.41, 5.74) is 2.86. The highest BCUT2D eigenvalue weighted by molar-refractivity contribution is 6.34. The topological polar surface area (TPSA) is 65.1 Å². The number of H-pyrrole nitrogens is 1. The molecular weight excluding hydrogens is 216 g/mol. The Morgan fingerprint density at radius 2 is 2.12 bits per heavy atom. The number of hydrogen-bond donors (Lipinski definition) is 3. The van der Waals surface area contributed by atoms with Gasteiger partial charge < -0.3 is 15.4 Å². The molecular formula is C13H10N2O2. The molecule has 4 heteroatoms. The predicted molar refractivity (Wildman–Crippen MR) is 65.4 cm³/mol. The van der Waals surface area contributed by atoms with Gasteiger partial charge in [0.2, 0.25) is 0 Å². The van der Waals surface area contributed by atoms with Crippen molar-refractivity contribution in [2.24, 2.45) is 0 Å². The van der Waals surface area contributed by atoms with E-state index in [9.17, 15) is 9.90 Å². The van der Waals surface area contributed by atoms with Crippen molar-refractivity contribution in [2.45, 2.75) is 0 Å². The summed E-state index contributed by atoms with van der Waals surface area (Å²) in [6.45, 7) is 0. The van der Waals surface area contributed by atoms with Gasteiger partial charge in [0.25, 0.3) is 5.91 Å². The molecule has 0 saturated heterocycles. The number of hydrogen-bond acceptors (Lipinski definition) is 2. The van der Waals surface area contributed by atoms with E-state index >= 15 is 0 Å². The van der Waals surface area contributed by atoms with Gasteiger partial charge in [0, 0.05) is 23.1 Å². The first kappa shape index (κ1) is 9.72. The van der Waals surface area contributed by atoms with Gasteiger partial charge in [-0.25, -0.2) is 0 Å². The van der Waals surface area contributed by atoms with Crippen LogP contribution in [0.25, 0.3) is 11.6 Å². The second-order valence-corrected chi connectivity index (χ2v) is 3.87. The molecule has 0 saturated carbocycles. The first-order chi connectivity index (χ1) is 8.24. The van der Waals surface area contributed by atoms with E-state index in [1.165, 1.54) is 0 Å². The zero-order valence-electron chi connectivity index (χ0n) is 8.90. The highest BCUT2D eigenvalue weighted by Crippen LogP contribution is 2.35. The van der Waals surface area contributed by atoms with Crippen molar-refractivity contribution in [3.63, 3.8) is 0 Å². The zero-order valence-corrected chi connectivity index (χ0v) is 8.90. The van der Waals surface area contributed by atoms with Crippen molar-refractivity contribution < 1.29 is 9.90 Å². The number of aromatic hydroxyl groups is 1. The quantitative estimate of drug-likeness (QED) is 0.515. The minimum Gasteiger partial charge on any atom is -0.508 e. The molecule has 4 nitrogen and oxygen atoms in total. The molecule has 1 aromatic heterocycles. The van der Waals surface area contributed by atoms with Gasteiger partial charge in [-0.05, 0) is 36.4 Å². The second-order valence-electron chi connectivity index (χ2n) is 3.87. The van der Waals surface area contributed by atoms with Crippen LogP contribution in [0.1, 0.15) is 11.3 Å². The van der Waals surface area contributed by atoms with Crippen molar-refractivity contribution in [2.75, 3.05) is 5.32 Å². The molecule has 1 amide bonds. The minimum atomic E-state index is -0.153. The summed E-state index contributed by atoms with van der Waals surface area (Å²) in [4.78, 5) is 14.8. The first-order valence-corrected chi connectivity index (χ1v) is 5.24. The lowest BCUT2D eigenvalue weighted by Gasteiger charge is -1.98. The smallest absolute Gasteiger partial charge is 0.256 e. The lowest BCUT2D eigenvalue weighted by molar-refractivity contribution is -0.110. The number of benzene rings is 1. The molecule has 1 aliphatic rings. The fourth-order valence-corrected chi connectivity index (χ4v) is 1.91. The molecule has 1 aromatic carbocycles. The van der Waals surface area contributed by atoms with Crippen LogP contribution in [0.4, 0.5) is 5.69 Å². The Kier molecular flexibility index (Phi) is 2.01. The van der Waals surface area contributed by atoms with Crippen LogP contribution in [0.15, 0.2) is 36.5 Å². The van der Waals surface area contributed by atoms with Crippen molar-refractivity contribution in [3.05, 3.63) is 47.8 Å². The Labute approximate surface area is 97.6 Å². The van der Waals surface area contributed by atoms with E-state index in [4.69, 9.17) is 0 Å². The number of carbonyl (C=O) groups is 1. The lowest BCUT2D eigenvalue weighted by Crippen LogP contribution is -2.03. The van der Waals surface area contributed by atoms with Crippen molar-refractivity contribution in [1.29, 1.82) is 0 Å². The molecule has 0 atom stereocenters. The summed E-state index contributed by atoms with van der Waals surface area (Å²) in [6, 6.07) is 8.57. The molecule has 0 spiro atoms.